The summed E-state index contributed by atoms with van der Waals surface area (Å²) < 4.78 is 1.69. The molecule has 0 spiro atoms. The Balaban J connectivity index is 1.52. The first-order valence-corrected chi connectivity index (χ1v) is 10.6. The lowest BCUT2D eigenvalue weighted by Crippen LogP contribution is -2.34. The maximum absolute atomic E-state index is 12.5. The third-order valence-electron chi connectivity index (χ3n) is 4.85. The van der Waals surface area contributed by atoms with Crippen LogP contribution in [0.15, 0.2) is 36.4 Å². The van der Waals surface area contributed by atoms with E-state index in [1.807, 2.05) is 32.0 Å². The number of amides is 1. The predicted molar refractivity (Wildman–Crippen MR) is 125 cm³/mol. The first-order chi connectivity index (χ1) is 15.2. The van der Waals surface area contributed by atoms with Crippen LogP contribution in [0.3, 0.4) is 0 Å². The molecule has 0 aliphatic heterocycles. The van der Waals surface area contributed by atoms with Crippen molar-refractivity contribution in [2.45, 2.75) is 20.8 Å². The van der Waals surface area contributed by atoms with Crippen LogP contribution in [0.5, 0.6) is 0 Å². The molecule has 10 nitrogen and oxygen atoms in total. The van der Waals surface area contributed by atoms with Crippen LogP contribution >= 0.6 is 23.6 Å². The first-order valence-electron chi connectivity index (χ1n) is 9.41. The van der Waals surface area contributed by atoms with Crippen molar-refractivity contribution in [2.24, 2.45) is 0 Å². The summed E-state index contributed by atoms with van der Waals surface area (Å²) in [4.78, 5) is 23.8. The minimum absolute atomic E-state index is 0.0764. The Morgan fingerprint density at radius 3 is 2.69 bits per heavy atom. The van der Waals surface area contributed by atoms with Crippen molar-refractivity contribution in [2.75, 3.05) is 5.32 Å². The molecule has 2 N–H and O–H groups in total. The number of nitro benzene ring substituents is 1. The Morgan fingerprint density at radius 1 is 1.19 bits per heavy atom. The van der Waals surface area contributed by atoms with Crippen LogP contribution in [0.4, 0.5) is 11.4 Å². The van der Waals surface area contributed by atoms with Gasteiger partial charge in [-0.15, -0.1) is 10.2 Å². The molecule has 2 aromatic heterocycles. The van der Waals surface area contributed by atoms with E-state index in [0.717, 1.165) is 16.1 Å². The van der Waals surface area contributed by atoms with E-state index in [1.165, 1.54) is 29.5 Å². The molecular weight excluding hydrogens is 450 g/mol. The van der Waals surface area contributed by atoms with Gasteiger partial charge in [0.1, 0.15) is 5.01 Å². The van der Waals surface area contributed by atoms with E-state index >= 15 is 0 Å². The molecule has 0 aliphatic rings. The average Bonchev–Trinajstić information content (AvgIpc) is 3.31. The van der Waals surface area contributed by atoms with Crippen LogP contribution in [0, 0.1) is 30.9 Å². The molecule has 0 fully saturated rings. The topological polar surface area (TPSA) is 127 Å². The van der Waals surface area contributed by atoms with Gasteiger partial charge in [-0.1, -0.05) is 29.5 Å². The van der Waals surface area contributed by atoms with Gasteiger partial charge in [0, 0.05) is 28.4 Å². The van der Waals surface area contributed by atoms with Gasteiger partial charge in [-0.2, -0.15) is 9.61 Å². The minimum Gasteiger partial charge on any atom is -0.332 e. The van der Waals surface area contributed by atoms with Crippen LogP contribution in [0.25, 0.3) is 15.5 Å². The monoisotopic (exact) mass is 467 g/mol. The third kappa shape index (κ3) is 4.05. The van der Waals surface area contributed by atoms with Gasteiger partial charge in [0.25, 0.3) is 11.6 Å². The number of aromatic nitrogens is 4. The number of hydrogen-bond donors (Lipinski definition) is 2. The lowest BCUT2D eigenvalue weighted by Gasteiger charge is -2.13. The number of rotatable bonds is 4. The molecule has 162 valence electrons. The summed E-state index contributed by atoms with van der Waals surface area (Å²) in [5, 5.41) is 30.2. The lowest BCUT2D eigenvalue weighted by molar-refractivity contribution is -0.385. The smallest absolute Gasteiger partial charge is 0.273 e. The maximum Gasteiger partial charge on any atom is 0.273 e. The van der Waals surface area contributed by atoms with E-state index in [-0.39, 0.29) is 16.4 Å². The van der Waals surface area contributed by atoms with E-state index in [1.54, 1.807) is 11.4 Å². The summed E-state index contributed by atoms with van der Waals surface area (Å²) in [6.45, 7) is 5.36. The number of hydrogen-bond acceptors (Lipinski definition) is 8. The van der Waals surface area contributed by atoms with Crippen molar-refractivity contribution in [1.82, 2.24) is 25.1 Å². The summed E-state index contributed by atoms with van der Waals surface area (Å²) in [6, 6.07) is 9.90. The summed E-state index contributed by atoms with van der Waals surface area (Å²) in [7, 11) is 0. The number of anilines is 1. The molecule has 0 atom stereocenters. The number of nitrogens with one attached hydrogen (secondary N) is 2. The molecule has 2 aromatic carbocycles. The van der Waals surface area contributed by atoms with Gasteiger partial charge in [0.2, 0.25) is 4.96 Å². The normalized spacial score (nSPS) is 10.8. The van der Waals surface area contributed by atoms with Gasteiger partial charge < -0.3 is 5.32 Å². The molecule has 2 heterocycles. The Hall–Kier alpha value is -3.77. The molecule has 0 radical (unpaired) electrons. The Kier molecular flexibility index (Phi) is 5.63. The minimum atomic E-state index is -0.538. The fourth-order valence-corrected chi connectivity index (χ4v) is 4.27. The van der Waals surface area contributed by atoms with E-state index in [0.29, 0.717) is 22.0 Å². The molecule has 4 rings (SSSR count). The van der Waals surface area contributed by atoms with Gasteiger partial charge in [-0.05, 0) is 50.7 Å². The van der Waals surface area contributed by atoms with Crippen LogP contribution in [0.1, 0.15) is 27.3 Å². The molecule has 0 bridgehead atoms. The lowest BCUT2D eigenvalue weighted by atomic mass is 10.1. The highest BCUT2D eigenvalue weighted by molar-refractivity contribution is 7.80. The quantitative estimate of drug-likeness (QED) is 0.263. The summed E-state index contributed by atoms with van der Waals surface area (Å²) in [5.41, 5.74) is 2.98. The van der Waals surface area contributed by atoms with Crippen LogP contribution in [-0.2, 0) is 0 Å². The van der Waals surface area contributed by atoms with Gasteiger partial charge in [-0.3, -0.25) is 20.2 Å². The number of aryl methyl sites for hydroxylation is 2. The van der Waals surface area contributed by atoms with Crippen molar-refractivity contribution in [3.05, 3.63) is 69.0 Å². The number of carbonyl (C=O) groups is 1. The third-order valence-corrected chi connectivity index (χ3v) is 5.99. The van der Waals surface area contributed by atoms with E-state index in [9.17, 15) is 14.9 Å². The second kappa shape index (κ2) is 8.40. The van der Waals surface area contributed by atoms with E-state index < -0.39 is 10.8 Å². The van der Waals surface area contributed by atoms with Crippen molar-refractivity contribution >= 4 is 50.9 Å². The number of benzene rings is 2. The number of nitro groups is 1. The second-order valence-electron chi connectivity index (χ2n) is 6.99. The fourth-order valence-electron chi connectivity index (χ4n) is 3.10. The molecular formula is C20H17N7O3S2. The molecule has 0 unspecified atom stereocenters. The molecule has 0 saturated heterocycles. The van der Waals surface area contributed by atoms with Crippen molar-refractivity contribution in [1.29, 1.82) is 0 Å². The molecule has 0 aliphatic carbocycles. The number of fused-ring (bicyclic) bond motifs is 1. The highest BCUT2D eigenvalue weighted by Gasteiger charge is 2.17. The SMILES string of the molecule is Cc1ccc(C(=O)NC(=S)Nc2cccc(-c3nn4c(C)nnc4s3)c2C)cc1[N+](=O)[O-]. The van der Waals surface area contributed by atoms with Gasteiger partial charge in [-0.25, -0.2) is 0 Å². The number of nitrogens with zero attached hydrogens (tertiary/aromatic N) is 5. The predicted octanol–water partition coefficient (Wildman–Crippen LogP) is 3.81. The van der Waals surface area contributed by atoms with Crippen molar-refractivity contribution < 1.29 is 9.72 Å². The molecule has 12 heteroatoms. The zero-order chi connectivity index (χ0) is 23.0. The fraction of sp³-hybridized carbons (Fsp3) is 0.150. The van der Waals surface area contributed by atoms with E-state index in [4.69, 9.17) is 12.2 Å². The zero-order valence-corrected chi connectivity index (χ0v) is 18.9. The Bertz CT molecular complexity index is 1390. The van der Waals surface area contributed by atoms with Crippen molar-refractivity contribution in [3.63, 3.8) is 0 Å². The van der Waals surface area contributed by atoms with E-state index in [2.05, 4.69) is 25.9 Å². The molecule has 4 aromatic rings. The summed E-state index contributed by atoms with van der Waals surface area (Å²) in [6.07, 6.45) is 0. The number of carbonyl (C=O) groups excluding carboxylic acids is 1. The summed E-state index contributed by atoms with van der Waals surface area (Å²) in [5.74, 6) is 0.165. The van der Waals surface area contributed by atoms with Crippen LogP contribution < -0.4 is 10.6 Å². The van der Waals surface area contributed by atoms with Gasteiger partial charge in [0.15, 0.2) is 10.9 Å². The zero-order valence-electron chi connectivity index (χ0n) is 17.2. The largest absolute Gasteiger partial charge is 0.332 e. The molecule has 0 saturated carbocycles. The van der Waals surface area contributed by atoms with Crippen molar-refractivity contribution in [3.8, 4) is 10.6 Å². The van der Waals surface area contributed by atoms with Gasteiger partial charge >= 0.3 is 0 Å². The Labute approximate surface area is 191 Å². The highest BCUT2D eigenvalue weighted by atomic mass is 32.1. The highest BCUT2D eigenvalue weighted by Crippen LogP contribution is 2.31. The maximum atomic E-state index is 12.5. The molecule has 1 amide bonds. The van der Waals surface area contributed by atoms with Gasteiger partial charge in [0.05, 0.1) is 4.92 Å². The Morgan fingerprint density at radius 2 is 1.97 bits per heavy atom. The first kappa shape index (κ1) is 21.5. The average molecular weight is 468 g/mol. The standard InChI is InChI=1S/C20H17N7O3S2/c1-10-7-8-13(9-16(10)27(29)30)17(28)22-19(31)21-15-6-4-5-14(11(15)2)18-25-26-12(3)23-24-20(26)32-18/h4-9H,1-3H3,(H2,21,22,28,31). The number of thiocarbonyl (C=S) groups is 1. The summed E-state index contributed by atoms with van der Waals surface area (Å²) >= 11 is 6.70. The van der Waals surface area contributed by atoms with Crippen LogP contribution in [0.2, 0.25) is 0 Å². The van der Waals surface area contributed by atoms with Crippen LogP contribution in [-0.4, -0.2) is 35.8 Å². The molecule has 32 heavy (non-hydrogen) atoms. The second-order valence-corrected chi connectivity index (χ2v) is 8.36.